The summed E-state index contributed by atoms with van der Waals surface area (Å²) >= 11 is 12.1. The molecule has 0 heterocycles. The van der Waals surface area contributed by atoms with Crippen molar-refractivity contribution in [1.82, 2.24) is 10.6 Å². The Bertz CT molecular complexity index is 1160. The first kappa shape index (κ1) is 26.1. The van der Waals surface area contributed by atoms with E-state index in [1.807, 2.05) is 24.3 Å². The molecule has 0 unspecified atom stereocenters. The number of carbonyl (C=O) groups is 3. The van der Waals surface area contributed by atoms with Crippen LogP contribution in [0.4, 0.5) is 4.79 Å². The summed E-state index contributed by atoms with van der Waals surface area (Å²) in [7, 11) is 0. The van der Waals surface area contributed by atoms with Crippen LogP contribution in [-0.4, -0.2) is 35.2 Å². The molecule has 0 spiro atoms. The number of ether oxygens (including phenoxy) is 1. The average Bonchev–Trinajstić information content (AvgIpc) is 2.84. The Morgan fingerprint density at radius 2 is 1.43 bits per heavy atom. The van der Waals surface area contributed by atoms with Gasteiger partial charge in [0.15, 0.2) is 0 Å². The Balaban J connectivity index is 1.71. The lowest BCUT2D eigenvalue weighted by Gasteiger charge is -2.22. The van der Waals surface area contributed by atoms with Crippen LogP contribution >= 0.6 is 23.2 Å². The lowest BCUT2D eigenvalue weighted by molar-refractivity contribution is -0.142. The molecule has 0 bridgehead atoms. The molecule has 7 nitrogen and oxygen atoms in total. The molecule has 3 rings (SSSR count). The second-order valence-corrected chi connectivity index (χ2v) is 8.63. The van der Waals surface area contributed by atoms with Crippen molar-refractivity contribution in [2.75, 3.05) is 0 Å². The number of carboxylic acid groups (broad SMARTS) is 1. The van der Waals surface area contributed by atoms with E-state index in [-0.39, 0.29) is 19.4 Å². The van der Waals surface area contributed by atoms with Crippen LogP contribution in [-0.2, 0) is 33.8 Å². The minimum Gasteiger partial charge on any atom is -0.480 e. The minimum atomic E-state index is -1.28. The van der Waals surface area contributed by atoms with Gasteiger partial charge >= 0.3 is 12.1 Å². The van der Waals surface area contributed by atoms with E-state index in [0.717, 1.165) is 11.1 Å². The summed E-state index contributed by atoms with van der Waals surface area (Å²) in [6, 6.07) is 20.5. The van der Waals surface area contributed by atoms with E-state index < -0.39 is 30.1 Å². The monoisotopic (exact) mass is 514 g/mol. The van der Waals surface area contributed by atoms with E-state index in [4.69, 9.17) is 27.9 Å². The quantitative estimate of drug-likeness (QED) is 0.365. The molecule has 0 saturated heterocycles. The molecule has 0 aliphatic rings. The van der Waals surface area contributed by atoms with E-state index >= 15 is 0 Å². The topological polar surface area (TPSA) is 105 Å². The molecule has 2 amide bonds. The number of halogens is 2. The molecule has 3 aromatic carbocycles. The lowest BCUT2D eigenvalue weighted by Crippen LogP contribution is -2.53. The predicted octanol–water partition coefficient (Wildman–Crippen LogP) is 4.64. The molecule has 0 aromatic heterocycles. The van der Waals surface area contributed by atoms with Crippen molar-refractivity contribution >= 4 is 41.2 Å². The number of carboxylic acids is 1. The number of nitrogens with one attached hydrogen (secondary N) is 2. The van der Waals surface area contributed by atoms with Gasteiger partial charge in [0.25, 0.3) is 0 Å². The first-order valence-electron chi connectivity index (χ1n) is 10.8. The maximum atomic E-state index is 13.1. The molecule has 0 fully saturated rings. The lowest BCUT2D eigenvalue weighted by atomic mass is 10.0. The van der Waals surface area contributed by atoms with Crippen molar-refractivity contribution in [3.8, 4) is 0 Å². The van der Waals surface area contributed by atoms with E-state index in [1.54, 1.807) is 48.5 Å². The molecule has 3 N–H and O–H groups in total. The number of aliphatic carboxylic acids is 1. The first-order chi connectivity index (χ1) is 16.8. The highest BCUT2D eigenvalue weighted by Gasteiger charge is 2.28. The summed E-state index contributed by atoms with van der Waals surface area (Å²) in [6.45, 7) is 0.0270. The van der Waals surface area contributed by atoms with Crippen molar-refractivity contribution in [3.05, 3.63) is 106 Å². The van der Waals surface area contributed by atoms with Gasteiger partial charge in [-0.05, 0) is 28.8 Å². The molecule has 0 aliphatic carbocycles. The number of carbonyl (C=O) groups excluding carboxylic acids is 2. The highest BCUT2D eigenvalue weighted by Crippen LogP contribution is 2.22. The summed E-state index contributed by atoms with van der Waals surface area (Å²) < 4.78 is 5.25. The SMILES string of the molecule is O=C(N[C@@H](Cc1ccccc1)C(=O)N[C@@H](Cc1ccc(Cl)cc1Cl)C(=O)O)OCc1ccccc1. The molecule has 35 heavy (non-hydrogen) atoms. The molecule has 2 atom stereocenters. The predicted molar refractivity (Wildman–Crippen MR) is 133 cm³/mol. The van der Waals surface area contributed by atoms with Crippen LogP contribution in [0.15, 0.2) is 78.9 Å². The van der Waals surface area contributed by atoms with Gasteiger partial charge in [-0.15, -0.1) is 0 Å². The normalized spacial score (nSPS) is 12.3. The van der Waals surface area contributed by atoms with Gasteiger partial charge in [-0.1, -0.05) is 89.9 Å². The largest absolute Gasteiger partial charge is 0.480 e. The Hall–Kier alpha value is -3.55. The number of hydrogen-bond acceptors (Lipinski definition) is 4. The molecule has 3 aromatic rings. The summed E-state index contributed by atoms with van der Waals surface area (Å²) in [5.74, 6) is -1.91. The third-order valence-electron chi connectivity index (χ3n) is 5.16. The molecular formula is C26H24Cl2N2O5. The van der Waals surface area contributed by atoms with Gasteiger partial charge in [0.05, 0.1) is 0 Å². The molecular weight excluding hydrogens is 491 g/mol. The summed E-state index contributed by atoms with van der Waals surface area (Å²) in [5.41, 5.74) is 2.08. The Morgan fingerprint density at radius 1 is 0.800 bits per heavy atom. The number of amides is 2. The number of benzene rings is 3. The van der Waals surface area contributed by atoms with Gasteiger partial charge < -0.3 is 20.5 Å². The van der Waals surface area contributed by atoms with E-state index in [1.165, 1.54) is 6.07 Å². The molecule has 0 saturated carbocycles. The van der Waals surface area contributed by atoms with Crippen molar-refractivity contribution in [1.29, 1.82) is 0 Å². The van der Waals surface area contributed by atoms with Crippen molar-refractivity contribution in [2.45, 2.75) is 31.5 Å². The summed E-state index contributed by atoms with van der Waals surface area (Å²) in [4.78, 5) is 37.4. The van der Waals surface area contributed by atoms with Crippen molar-refractivity contribution in [3.63, 3.8) is 0 Å². The number of hydrogen-bond donors (Lipinski definition) is 3. The minimum absolute atomic E-state index is 0.0270. The van der Waals surface area contributed by atoms with Crippen LogP contribution in [0, 0.1) is 0 Å². The van der Waals surface area contributed by atoms with Gasteiger partial charge in [-0.2, -0.15) is 0 Å². The van der Waals surface area contributed by atoms with Gasteiger partial charge in [0.2, 0.25) is 5.91 Å². The second-order valence-electron chi connectivity index (χ2n) is 7.79. The zero-order chi connectivity index (χ0) is 25.2. The molecule has 0 aliphatic heterocycles. The van der Waals surface area contributed by atoms with Gasteiger partial charge in [-0.25, -0.2) is 9.59 Å². The van der Waals surface area contributed by atoms with Gasteiger partial charge in [-0.3, -0.25) is 4.79 Å². The molecule has 9 heteroatoms. The van der Waals surface area contributed by atoms with Crippen LogP contribution in [0.5, 0.6) is 0 Å². The van der Waals surface area contributed by atoms with E-state index in [2.05, 4.69) is 10.6 Å². The smallest absolute Gasteiger partial charge is 0.408 e. The fraction of sp³-hybridized carbons (Fsp3) is 0.192. The maximum Gasteiger partial charge on any atom is 0.408 e. The Labute approximate surface area is 213 Å². The van der Waals surface area contributed by atoms with Crippen LogP contribution in [0.25, 0.3) is 0 Å². The van der Waals surface area contributed by atoms with Gasteiger partial charge in [0, 0.05) is 22.9 Å². The van der Waals surface area contributed by atoms with Crippen LogP contribution < -0.4 is 10.6 Å². The highest BCUT2D eigenvalue weighted by atomic mass is 35.5. The van der Waals surface area contributed by atoms with Crippen molar-refractivity contribution in [2.24, 2.45) is 0 Å². The fourth-order valence-electron chi connectivity index (χ4n) is 3.35. The maximum absolute atomic E-state index is 13.1. The zero-order valence-electron chi connectivity index (χ0n) is 18.6. The van der Waals surface area contributed by atoms with E-state index in [0.29, 0.717) is 15.6 Å². The Morgan fingerprint density at radius 3 is 2.03 bits per heavy atom. The third kappa shape index (κ3) is 8.31. The molecule has 0 radical (unpaired) electrons. The molecule has 182 valence electrons. The highest BCUT2D eigenvalue weighted by molar-refractivity contribution is 6.35. The summed E-state index contributed by atoms with van der Waals surface area (Å²) in [6.07, 6.45) is -0.716. The first-order valence-corrected chi connectivity index (χ1v) is 11.6. The number of alkyl carbamates (subject to hydrolysis) is 1. The standard InChI is InChI=1S/C26H24Cl2N2O5/c27-20-12-11-19(21(28)15-20)14-23(25(32)33)29-24(31)22(13-17-7-3-1-4-8-17)30-26(34)35-16-18-9-5-2-6-10-18/h1-12,15,22-23H,13-14,16H2,(H,29,31)(H,30,34)(H,32,33)/t22-,23-/m0/s1. The summed E-state index contributed by atoms with van der Waals surface area (Å²) in [5, 5.41) is 15.5. The zero-order valence-corrected chi connectivity index (χ0v) is 20.1. The Kier molecular flexibility index (Phi) is 9.52. The number of rotatable bonds is 10. The average molecular weight is 515 g/mol. The third-order valence-corrected chi connectivity index (χ3v) is 5.74. The fourth-order valence-corrected chi connectivity index (χ4v) is 3.83. The van der Waals surface area contributed by atoms with Crippen LogP contribution in [0.3, 0.4) is 0 Å². The van der Waals surface area contributed by atoms with Crippen LogP contribution in [0.1, 0.15) is 16.7 Å². The second kappa shape index (κ2) is 12.8. The van der Waals surface area contributed by atoms with Crippen molar-refractivity contribution < 1.29 is 24.2 Å². The van der Waals surface area contributed by atoms with Crippen LogP contribution in [0.2, 0.25) is 10.0 Å². The van der Waals surface area contributed by atoms with Gasteiger partial charge in [0.1, 0.15) is 18.7 Å². The van der Waals surface area contributed by atoms with E-state index in [9.17, 15) is 19.5 Å².